The van der Waals surface area contributed by atoms with Gasteiger partial charge in [-0.05, 0) is 72.9 Å². The first-order valence-corrected chi connectivity index (χ1v) is 10.2. The van der Waals surface area contributed by atoms with Gasteiger partial charge in [0.1, 0.15) is 12.4 Å². The van der Waals surface area contributed by atoms with Gasteiger partial charge in [-0.15, -0.1) is 12.6 Å². The van der Waals surface area contributed by atoms with Gasteiger partial charge in [0, 0.05) is 4.90 Å². The predicted octanol–water partition coefficient (Wildman–Crippen LogP) is 7.02. The fourth-order valence-corrected chi connectivity index (χ4v) is 4.02. The van der Waals surface area contributed by atoms with E-state index in [-0.39, 0.29) is 0 Å². The molecule has 2 heteroatoms. The van der Waals surface area contributed by atoms with Crippen molar-refractivity contribution in [1.29, 1.82) is 0 Å². The van der Waals surface area contributed by atoms with Gasteiger partial charge in [-0.3, -0.25) is 0 Å². The fraction of sp³-hybridized carbons (Fsp3) is 0.478. The SMILES string of the molecule is CCCCC1CCC(c2ccc(COc3ccc(S)cc3)cc2)CC1. The Kier molecular flexibility index (Phi) is 6.86. The summed E-state index contributed by atoms with van der Waals surface area (Å²) >= 11 is 4.30. The summed E-state index contributed by atoms with van der Waals surface area (Å²) in [6.45, 7) is 2.92. The summed E-state index contributed by atoms with van der Waals surface area (Å²) in [5, 5.41) is 0. The van der Waals surface area contributed by atoms with Gasteiger partial charge in [-0.2, -0.15) is 0 Å². The van der Waals surface area contributed by atoms with Crippen LogP contribution in [0.1, 0.15) is 68.9 Å². The third kappa shape index (κ3) is 5.54. The first-order chi connectivity index (χ1) is 12.2. The Hall–Kier alpha value is -1.41. The van der Waals surface area contributed by atoms with Gasteiger partial charge in [0.05, 0.1) is 0 Å². The lowest BCUT2D eigenvalue weighted by atomic mass is 9.77. The van der Waals surface area contributed by atoms with E-state index in [4.69, 9.17) is 4.74 Å². The van der Waals surface area contributed by atoms with E-state index in [1.807, 2.05) is 24.3 Å². The molecule has 1 nitrogen and oxygen atoms in total. The summed E-state index contributed by atoms with van der Waals surface area (Å²) in [6.07, 6.45) is 9.73. The van der Waals surface area contributed by atoms with Crippen molar-refractivity contribution in [2.24, 2.45) is 5.92 Å². The van der Waals surface area contributed by atoms with Crippen LogP contribution in [0.15, 0.2) is 53.4 Å². The van der Waals surface area contributed by atoms with Crippen LogP contribution in [0.5, 0.6) is 5.75 Å². The lowest BCUT2D eigenvalue weighted by Gasteiger charge is -2.29. The summed E-state index contributed by atoms with van der Waals surface area (Å²) < 4.78 is 5.85. The molecule has 0 aromatic heterocycles. The molecule has 0 spiro atoms. The minimum Gasteiger partial charge on any atom is -0.489 e. The van der Waals surface area contributed by atoms with Crippen LogP contribution in [0.25, 0.3) is 0 Å². The molecule has 2 aromatic rings. The van der Waals surface area contributed by atoms with Gasteiger partial charge in [0.25, 0.3) is 0 Å². The molecule has 0 radical (unpaired) electrons. The number of benzene rings is 2. The highest BCUT2D eigenvalue weighted by atomic mass is 32.1. The zero-order valence-corrected chi connectivity index (χ0v) is 16.2. The third-order valence-electron chi connectivity index (χ3n) is 5.51. The second-order valence-corrected chi connectivity index (χ2v) is 7.90. The average Bonchev–Trinajstić information content (AvgIpc) is 2.67. The molecule has 134 valence electrons. The molecule has 25 heavy (non-hydrogen) atoms. The highest BCUT2D eigenvalue weighted by Crippen LogP contribution is 2.37. The second kappa shape index (κ2) is 9.33. The van der Waals surface area contributed by atoms with Crippen LogP contribution >= 0.6 is 12.6 Å². The van der Waals surface area contributed by atoms with Crippen LogP contribution in [0, 0.1) is 5.92 Å². The minimum atomic E-state index is 0.621. The van der Waals surface area contributed by atoms with Gasteiger partial charge in [0.15, 0.2) is 0 Å². The molecule has 3 rings (SSSR count). The normalized spacial score (nSPS) is 20.4. The van der Waals surface area contributed by atoms with Crippen molar-refractivity contribution in [2.75, 3.05) is 0 Å². The minimum absolute atomic E-state index is 0.621. The number of hydrogen-bond acceptors (Lipinski definition) is 2. The molecule has 0 amide bonds. The van der Waals surface area contributed by atoms with E-state index in [0.29, 0.717) is 6.61 Å². The maximum atomic E-state index is 5.85. The van der Waals surface area contributed by atoms with Gasteiger partial charge in [-0.25, -0.2) is 0 Å². The van der Waals surface area contributed by atoms with E-state index in [0.717, 1.165) is 22.5 Å². The van der Waals surface area contributed by atoms with E-state index >= 15 is 0 Å². The van der Waals surface area contributed by atoms with Crippen LogP contribution in [-0.4, -0.2) is 0 Å². The van der Waals surface area contributed by atoms with Crippen molar-refractivity contribution in [2.45, 2.75) is 69.3 Å². The molecule has 0 saturated heterocycles. The van der Waals surface area contributed by atoms with E-state index in [1.54, 1.807) is 0 Å². The Morgan fingerprint density at radius 1 is 0.920 bits per heavy atom. The fourth-order valence-electron chi connectivity index (χ4n) is 3.87. The van der Waals surface area contributed by atoms with Gasteiger partial charge in [0.2, 0.25) is 0 Å². The summed E-state index contributed by atoms with van der Waals surface area (Å²) in [4.78, 5) is 0.959. The topological polar surface area (TPSA) is 9.23 Å². The van der Waals surface area contributed by atoms with Crippen molar-refractivity contribution in [3.63, 3.8) is 0 Å². The largest absolute Gasteiger partial charge is 0.489 e. The van der Waals surface area contributed by atoms with Crippen molar-refractivity contribution in [3.8, 4) is 5.75 Å². The Morgan fingerprint density at radius 3 is 2.24 bits per heavy atom. The van der Waals surface area contributed by atoms with Gasteiger partial charge < -0.3 is 4.74 Å². The van der Waals surface area contributed by atoms with E-state index < -0.39 is 0 Å². The van der Waals surface area contributed by atoms with Crippen molar-refractivity contribution in [1.82, 2.24) is 0 Å². The average molecular weight is 355 g/mol. The molecule has 0 heterocycles. The Balaban J connectivity index is 1.48. The van der Waals surface area contributed by atoms with E-state index in [9.17, 15) is 0 Å². The van der Waals surface area contributed by atoms with Crippen molar-refractivity contribution in [3.05, 3.63) is 59.7 Å². The Morgan fingerprint density at radius 2 is 1.60 bits per heavy atom. The van der Waals surface area contributed by atoms with Crippen LogP contribution in [0.4, 0.5) is 0 Å². The van der Waals surface area contributed by atoms with Crippen LogP contribution in [-0.2, 0) is 6.61 Å². The smallest absolute Gasteiger partial charge is 0.119 e. The second-order valence-electron chi connectivity index (χ2n) is 7.38. The summed E-state index contributed by atoms with van der Waals surface area (Å²) in [5.41, 5.74) is 2.74. The van der Waals surface area contributed by atoms with Gasteiger partial charge in [-0.1, -0.05) is 50.5 Å². The number of ether oxygens (including phenoxy) is 1. The lowest BCUT2D eigenvalue weighted by Crippen LogP contribution is -2.13. The molecule has 1 aliphatic carbocycles. The maximum absolute atomic E-state index is 5.85. The van der Waals surface area contributed by atoms with E-state index in [2.05, 4.69) is 43.8 Å². The predicted molar refractivity (Wildman–Crippen MR) is 109 cm³/mol. The molecule has 1 saturated carbocycles. The monoisotopic (exact) mass is 354 g/mol. The van der Waals surface area contributed by atoms with Crippen LogP contribution in [0.2, 0.25) is 0 Å². The lowest BCUT2D eigenvalue weighted by molar-refractivity contribution is 0.302. The molecule has 0 unspecified atom stereocenters. The third-order valence-corrected chi connectivity index (χ3v) is 5.80. The Bertz CT molecular complexity index is 624. The van der Waals surface area contributed by atoms with Crippen molar-refractivity contribution >= 4 is 12.6 Å². The molecule has 0 aliphatic heterocycles. The maximum Gasteiger partial charge on any atom is 0.119 e. The first kappa shape index (κ1) is 18.4. The van der Waals surface area contributed by atoms with E-state index in [1.165, 1.54) is 56.1 Å². The standard InChI is InChI=1S/C23H30OS/c1-2-3-4-18-5-9-20(10-6-18)21-11-7-19(8-12-21)17-24-22-13-15-23(25)16-14-22/h7-8,11-16,18,20,25H,2-6,9-10,17H2,1H3. The van der Waals surface area contributed by atoms with Crippen LogP contribution < -0.4 is 4.74 Å². The summed E-state index contributed by atoms with van der Waals surface area (Å²) in [7, 11) is 0. The summed E-state index contributed by atoms with van der Waals surface area (Å²) in [6, 6.07) is 16.9. The number of hydrogen-bond donors (Lipinski definition) is 1. The molecule has 0 bridgehead atoms. The van der Waals surface area contributed by atoms with Crippen molar-refractivity contribution < 1.29 is 4.74 Å². The number of thiol groups is 1. The molecule has 1 aliphatic rings. The highest BCUT2D eigenvalue weighted by Gasteiger charge is 2.21. The number of rotatable bonds is 7. The molecular formula is C23H30OS. The Labute approximate surface area is 158 Å². The molecule has 0 N–H and O–H groups in total. The van der Waals surface area contributed by atoms with Crippen LogP contribution in [0.3, 0.4) is 0 Å². The summed E-state index contributed by atoms with van der Waals surface area (Å²) in [5.74, 6) is 2.63. The molecule has 1 fully saturated rings. The highest BCUT2D eigenvalue weighted by molar-refractivity contribution is 7.80. The van der Waals surface area contributed by atoms with Gasteiger partial charge >= 0.3 is 0 Å². The molecular weight excluding hydrogens is 324 g/mol. The molecule has 2 aromatic carbocycles. The quantitative estimate of drug-likeness (QED) is 0.526. The zero-order chi connectivity index (χ0) is 17.5. The number of unbranched alkanes of at least 4 members (excludes halogenated alkanes) is 1. The zero-order valence-electron chi connectivity index (χ0n) is 15.3. The first-order valence-electron chi connectivity index (χ1n) is 9.75. The molecule has 0 atom stereocenters.